The number of hydrogen-bond donors (Lipinski definition) is 0. The summed E-state index contributed by atoms with van der Waals surface area (Å²) in [4.78, 5) is -1.90. The fourth-order valence-electron chi connectivity index (χ4n) is 3.24. The largest absolute Gasteiger partial charge is 0.497 e. The monoisotopic (exact) mass is 535 g/mol. The van der Waals surface area contributed by atoms with Crippen molar-refractivity contribution in [1.82, 2.24) is 4.31 Å². The number of benzene rings is 3. The molecule has 0 bridgehead atoms. The molecule has 6 nitrogen and oxygen atoms in total. The van der Waals surface area contributed by atoms with Crippen molar-refractivity contribution in [3.05, 3.63) is 82.9 Å². The summed E-state index contributed by atoms with van der Waals surface area (Å²) in [5, 5.41) is 0. The molecule has 3 rings (SSSR count). The number of ether oxygens (including phenoxy) is 3. The molecule has 0 N–H and O–H groups in total. The number of halogens is 6. The van der Waals surface area contributed by atoms with Crippen molar-refractivity contribution < 1.29 is 49.0 Å². The first-order valence-corrected chi connectivity index (χ1v) is 11.5. The van der Waals surface area contributed by atoms with Crippen LogP contribution in [0.3, 0.4) is 0 Å². The lowest BCUT2D eigenvalue weighted by Crippen LogP contribution is -2.32. The molecule has 0 aliphatic rings. The highest BCUT2D eigenvalue weighted by Crippen LogP contribution is 2.37. The quantitative estimate of drug-likeness (QED) is 0.202. The molecule has 0 spiro atoms. The first-order chi connectivity index (χ1) is 17.0. The summed E-state index contributed by atoms with van der Waals surface area (Å²) in [6, 6.07) is 11.9. The summed E-state index contributed by atoms with van der Waals surface area (Å²) in [5.41, 5.74) is 0.653. The SMILES string of the molecule is COc1ccc(CN(Cc2ccc(OC)cc2)S(=O)(=O)c2c(F)c(F)c(F)c(F)c2OC(F)F)cc1. The number of rotatable bonds is 10. The van der Waals surface area contributed by atoms with Crippen LogP contribution in [0.1, 0.15) is 11.1 Å². The second-order valence-corrected chi connectivity index (χ2v) is 9.14. The van der Waals surface area contributed by atoms with Crippen LogP contribution in [-0.4, -0.2) is 33.6 Å². The summed E-state index contributed by atoms with van der Waals surface area (Å²) in [6.07, 6.45) is 0. The summed E-state index contributed by atoms with van der Waals surface area (Å²) < 4.78 is 124. The van der Waals surface area contributed by atoms with Crippen molar-refractivity contribution >= 4 is 10.0 Å². The molecule has 0 aromatic heterocycles. The Morgan fingerprint density at radius 3 is 1.53 bits per heavy atom. The van der Waals surface area contributed by atoms with E-state index < -0.39 is 63.6 Å². The number of hydrogen-bond acceptors (Lipinski definition) is 5. The van der Waals surface area contributed by atoms with Crippen LogP contribution in [0, 0.1) is 23.3 Å². The van der Waals surface area contributed by atoms with Crippen molar-refractivity contribution in [3.63, 3.8) is 0 Å². The zero-order valence-corrected chi connectivity index (χ0v) is 19.6. The van der Waals surface area contributed by atoms with Gasteiger partial charge in [-0.3, -0.25) is 0 Å². The molecule has 0 aliphatic heterocycles. The van der Waals surface area contributed by atoms with Crippen LogP contribution in [0.2, 0.25) is 0 Å². The summed E-state index contributed by atoms with van der Waals surface area (Å²) >= 11 is 0. The van der Waals surface area contributed by atoms with Gasteiger partial charge in [0.05, 0.1) is 14.2 Å². The van der Waals surface area contributed by atoms with Gasteiger partial charge in [-0.05, 0) is 35.4 Å². The minimum Gasteiger partial charge on any atom is -0.497 e. The van der Waals surface area contributed by atoms with Gasteiger partial charge in [-0.15, -0.1) is 0 Å². The zero-order chi connectivity index (χ0) is 26.6. The van der Waals surface area contributed by atoms with Gasteiger partial charge < -0.3 is 14.2 Å². The molecule has 0 amide bonds. The molecule has 3 aromatic carbocycles. The highest BCUT2D eigenvalue weighted by atomic mass is 32.2. The van der Waals surface area contributed by atoms with E-state index in [9.17, 15) is 34.8 Å². The average Bonchev–Trinajstić information content (AvgIpc) is 2.86. The lowest BCUT2D eigenvalue weighted by molar-refractivity contribution is -0.0551. The van der Waals surface area contributed by atoms with E-state index in [0.29, 0.717) is 26.9 Å². The Hall–Kier alpha value is -3.45. The van der Waals surface area contributed by atoms with Gasteiger partial charge in [0.1, 0.15) is 11.5 Å². The van der Waals surface area contributed by atoms with E-state index in [4.69, 9.17) is 9.47 Å². The minimum absolute atomic E-state index is 0.327. The molecule has 0 aliphatic carbocycles. The number of nitrogens with zero attached hydrogens (tertiary/aromatic N) is 1. The Bertz CT molecular complexity index is 1270. The van der Waals surface area contributed by atoms with Crippen LogP contribution < -0.4 is 14.2 Å². The maximum Gasteiger partial charge on any atom is 0.387 e. The first kappa shape index (κ1) is 27.1. The third-order valence-corrected chi connectivity index (χ3v) is 6.84. The zero-order valence-electron chi connectivity index (χ0n) is 18.8. The van der Waals surface area contributed by atoms with E-state index in [1.165, 1.54) is 62.8 Å². The van der Waals surface area contributed by atoms with Gasteiger partial charge in [0.2, 0.25) is 11.6 Å². The topological polar surface area (TPSA) is 65.1 Å². The molecule has 0 saturated heterocycles. The molecule has 0 unspecified atom stereocenters. The third kappa shape index (κ3) is 5.68. The van der Waals surface area contributed by atoms with E-state index in [2.05, 4.69) is 4.74 Å². The van der Waals surface area contributed by atoms with Crippen LogP contribution in [0.5, 0.6) is 17.2 Å². The highest BCUT2D eigenvalue weighted by Gasteiger charge is 2.39. The third-order valence-electron chi connectivity index (χ3n) is 5.02. The van der Waals surface area contributed by atoms with Crippen molar-refractivity contribution in [2.24, 2.45) is 0 Å². The van der Waals surface area contributed by atoms with E-state index in [-0.39, 0.29) is 0 Å². The Morgan fingerprint density at radius 2 is 1.14 bits per heavy atom. The second kappa shape index (κ2) is 11.1. The molecule has 0 saturated carbocycles. The maximum absolute atomic E-state index is 14.7. The Labute approximate surface area is 202 Å². The Balaban J connectivity index is 2.17. The number of alkyl halides is 2. The fraction of sp³-hybridized carbons (Fsp3) is 0.217. The summed E-state index contributed by atoms with van der Waals surface area (Å²) in [6.45, 7) is -4.85. The predicted octanol–water partition coefficient (Wildman–Crippen LogP) is 5.25. The molecular formula is C23H19F6NO5S. The molecule has 194 valence electrons. The summed E-state index contributed by atoms with van der Waals surface area (Å²) in [5.74, 6) is -10.9. The Morgan fingerprint density at radius 1 is 0.722 bits per heavy atom. The van der Waals surface area contributed by atoms with Crippen molar-refractivity contribution in [1.29, 1.82) is 0 Å². The van der Waals surface area contributed by atoms with Gasteiger partial charge in [-0.25, -0.2) is 21.6 Å². The van der Waals surface area contributed by atoms with Crippen LogP contribution >= 0.6 is 0 Å². The molecule has 13 heteroatoms. The van der Waals surface area contributed by atoms with E-state index in [0.717, 1.165) is 0 Å². The summed E-state index contributed by atoms with van der Waals surface area (Å²) in [7, 11) is -2.50. The van der Waals surface area contributed by atoms with Gasteiger partial charge in [0.15, 0.2) is 22.3 Å². The molecule has 0 radical (unpaired) electrons. The van der Waals surface area contributed by atoms with Gasteiger partial charge in [0, 0.05) is 13.1 Å². The van der Waals surface area contributed by atoms with Crippen LogP contribution in [0.25, 0.3) is 0 Å². The van der Waals surface area contributed by atoms with Crippen molar-refractivity contribution in [3.8, 4) is 17.2 Å². The van der Waals surface area contributed by atoms with Gasteiger partial charge in [-0.1, -0.05) is 24.3 Å². The van der Waals surface area contributed by atoms with Crippen molar-refractivity contribution in [2.45, 2.75) is 24.6 Å². The van der Waals surface area contributed by atoms with Crippen LogP contribution in [0.4, 0.5) is 26.3 Å². The first-order valence-electron chi connectivity index (χ1n) is 10.1. The van der Waals surface area contributed by atoms with Crippen LogP contribution in [0.15, 0.2) is 53.4 Å². The normalized spacial score (nSPS) is 11.7. The van der Waals surface area contributed by atoms with Crippen LogP contribution in [-0.2, 0) is 23.1 Å². The second-order valence-electron chi connectivity index (χ2n) is 7.26. The highest BCUT2D eigenvalue weighted by molar-refractivity contribution is 7.89. The number of methoxy groups -OCH3 is 2. The lowest BCUT2D eigenvalue weighted by Gasteiger charge is -2.24. The molecule has 0 heterocycles. The molecule has 3 aromatic rings. The van der Waals surface area contributed by atoms with Gasteiger partial charge in [-0.2, -0.15) is 17.5 Å². The average molecular weight is 535 g/mol. The van der Waals surface area contributed by atoms with Gasteiger partial charge >= 0.3 is 6.61 Å². The standard InChI is InChI=1S/C23H19F6NO5S/c1-33-15-7-3-13(4-8-15)11-30(12-14-5-9-16(34-2)10-6-14)36(31,32)22-20(27)18(25)17(24)19(26)21(22)35-23(28)29/h3-10,23H,11-12H2,1-2H3. The molecule has 36 heavy (non-hydrogen) atoms. The fourth-order valence-corrected chi connectivity index (χ4v) is 4.82. The van der Waals surface area contributed by atoms with E-state index in [1.807, 2.05) is 0 Å². The van der Waals surface area contributed by atoms with Gasteiger partial charge in [0.25, 0.3) is 10.0 Å². The van der Waals surface area contributed by atoms with E-state index >= 15 is 0 Å². The minimum atomic E-state index is -5.31. The Kier molecular flexibility index (Phi) is 8.35. The molecule has 0 fully saturated rings. The number of sulfonamides is 1. The smallest absolute Gasteiger partial charge is 0.387 e. The molecule has 0 atom stereocenters. The van der Waals surface area contributed by atoms with E-state index in [1.54, 1.807) is 0 Å². The van der Waals surface area contributed by atoms with Crippen molar-refractivity contribution in [2.75, 3.05) is 14.2 Å². The lowest BCUT2D eigenvalue weighted by atomic mass is 10.2. The predicted molar refractivity (Wildman–Crippen MR) is 115 cm³/mol. The maximum atomic E-state index is 14.7. The molecular weight excluding hydrogens is 516 g/mol.